The van der Waals surface area contributed by atoms with Crippen molar-refractivity contribution in [3.63, 3.8) is 0 Å². The van der Waals surface area contributed by atoms with Crippen LogP contribution in [0.1, 0.15) is 0 Å². The van der Waals surface area contributed by atoms with Gasteiger partial charge in [0, 0.05) is 0 Å². The van der Waals surface area contributed by atoms with Crippen molar-refractivity contribution < 1.29 is 74.7 Å². The Morgan fingerprint density at radius 1 is 0.667 bits per heavy atom. The minimum Gasteiger partial charge on any atom is -0.394 e. The van der Waals surface area contributed by atoms with E-state index in [0.29, 0.717) is 0 Å². The second-order valence-electron chi connectivity index (χ2n) is 8.18. The molecule has 3 aliphatic rings. The molecule has 0 spiro atoms. The summed E-state index contributed by atoms with van der Waals surface area (Å²) < 4.78 is 27.5. The van der Waals surface area contributed by atoms with E-state index in [1.807, 2.05) is 0 Å². The average Bonchev–Trinajstić information content (AvgIpc) is 3.63. The molecule has 3 fully saturated rings. The smallest absolute Gasteiger partial charge is 0.187 e. The Hall–Kier alpha value is -0.600. The normalized spacial score (nSPS) is 44.5. The zero-order valence-electron chi connectivity index (χ0n) is 17.4. The number of hydrogen-bond donors (Lipinski definition) is 10. The van der Waals surface area contributed by atoms with Crippen molar-refractivity contribution in [3.05, 3.63) is 0 Å². The van der Waals surface area contributed by atoms with Crippen LogP contribution in [0.2, 0.25) is 0 Å². The van der Waals surface area contributed by atoms with Gasteiger partial charge < -0.3 is 74.7 Å². The number of epoxide rings is 1. The van der Waals surface area contributed by atoms with Gasteiger partial charge in [0.1, 0.15) is 73.2 Å². The molecule has 0 amide bonds. The summed E-state index contributed by atoms with van der Waals surface area (Å²) in [4.78, 5) is 0. The molecule has 3 rings (SSSR count). The highest BCUT2D eigenvalue weighted by Gasteiger charge is 2.61. The summed E-state index contributed by atoms with van der Waals surface area (Å²) in [6.07, 6.45) is -19.5. The lowest BCUT2D eigenvalue weighted by molar-refractivity contribution is -0.332. The van der Waals surface area contributed by atoms with Gasteiger partial charge in [-0.15, -0.1) is 0 Å². The molecule has 0 saturated carbocycles. The molecule has 3 saturated heterocycles. The lowest BCUT2D eigenvalue weighted by atomic mass is 9.98. The van der Waals surface area contributed by atoms with Crippen molar-refractivity contribution in [3.8, 4) is 0 Å². The minimum absolute atomic E-state index is 0.635. The van der Waals surface area contributed by atoms with E-state index in [2.05, 4.69) is 0 Å². The van der Waals surface area contributed by atoms with E-state index >= 15 is 0 Å². The van der Waals surface area contributed by atoms with E-state index in [1.54, 1.807) is 0 Å². The van der Waals surface area contributed by atoms with Crippen LogP contribution in [0.5, 0.6) is 0 Å². The van der Waals surface area contributed by atoms with Gasteiger partial charge in [-0.2, -0.15) is 0 Å². The van der Waals surface area contributed by atoms with Crippen LogP contribution in [0.25, 0.3) is 0 Å². The fourth-order valence-electron chi connectivity index (χ4n) is 3.90. The second kappa shape index (κ2) is 11.4. The van der Waals surface area contributed by atoms with Gasteiger partial charge in [-0.1, -0.05) is 0 Å². The van der Waals surface area contributed by atoms with Gasteiger partial charge in [-0.3, -0.25) is 0 Å². The highest BCUT2D eigenvalue weighted by Crippen LogP contribution is 2.41. The molecular weight excluding hydrogens is 456 g/mol. The van der Waals surface area contributed by atoms with Gasteiger partial charge >= 0.3 is 0 Å². The number of hydrogen-bond acceptors (Lipinski definition) is 15. The average molecular weight is 488 g/mol. The maximum absolute atomic E-state index is 10.2. The summed E-state index contributed by atoms with van der Waals surface area (Å²) in [7, 11) is 0. The Morgan fingerprint density at radius 3 is 1.85 bits per heavy atom. The molecule has 10 N–H and O–H groups in total. The van der Waals surface area contributed by atoms with E-state index in [1.165, 1.54) is 0 Å². The topological polar surface area (TPSA) is 252 Å². The van der Waals surface area contributed by atoms with Gasteiger partial charge in [-0.25, -0.2) is 0 Å². The van der Waals surface area contributed by atoms with Crippen LogP contribution in [0.15, 0.2) is 0 Å². The second-order valence-corrected chi connectivity index (χ2v) is 8.18. The van der Waals surface area contributed by atoms with Crippen LogP contribution in [-0.2, 0) is 23.7 Å². The number of ether oxygens (including phenoxy) is 5. The third-order valence-electron chi connectivity index (χ3n) is 5.92. The van der Waals surface area contributed by atoms with Crippen LogP contribution in [-0.4, -0.2) is 163 Å². The Labute approximate surface area is 187 Å². The molecule has 0 aromatic carbocycles. The molecular formula is C18H32O15. The number of rotatable bonds is 11. The molecule has 0 aromatic heterocycles. The molecule has 15 heteroatoms. The Morgan fingerprint density at radius 2 is 1.27 bits per heavy atom. The van der Waals surface area contributed by atoms with Crippen molar-refractivity contribution in [2.24, 2.45) is 0 Å². The van der Waals surface area contributed by atoms with Gasteiger partial charge in [-0.05, 0) is 0 Å². The van der Waals surface area contributed by atoms with Crippen LogP contribution < -0.4 is 0 Å². The standard InChI is InChI=1S/C18H32O15/c19-1-5(23)9(25)13(6(24)2-20)32-18-16-15(31-16)14(8(4-22)30-18)33-17-12(28)11(27)10(26)7(3-21)29-17/h5-28H,1-4H2/t5-,6+,7+,8+,9+,10+,11-,12+,13+,14+,15-,16-,17+,18+/m0/s1. The van der Waals surface area contributed by atoms with Crippen LogP contribution >= 0.6 is 0 Å². The van der Waals surface area contributed by atoms with Crippen LogP contribution in [0, 0.1) is 0 Å². The lowest BCUT2D eigenvalue weighted by Gasteiger charge is -2.42. The fraction of sp³-hybridized carbons (Fsp3) is 1.00. The first-order chi connectivity index (χ1) is 15.7. The van der Waals surface area contributed by atoms with Crippen molar-refractivity contribution >= 4 is 0 Å². The zero-order chi connectivity index (χ0) is 24.4. The predicted octanol–water partition coefficient (Wildman–Crippen LogP) is -6.89. The third-order valence-corrected chi connectivity index (χ3v) is 5.92. The van der Waals surface area contributed by atoms with Crippen LogP contribution in [0.3, 0.4) is 0 Å². The molecule has 3 aliphatic heterocycles. The number of aliphatic hydroxyl groups excluding tert-OH is 10. The quantitative estimate of drug-likeness (QED) is 0.121. The van der Waals surface area contributed by atoms with E-state index in [0.717, 1.165) is 0 Å². The van der Waals surface area contributed by atoms with E-state index < -0.39 is 112 Å². The SMILES string of the molecule is OC[C@@H](O)[C@@H](O[C@H]1O[C@H](CO)[C@@H](O[C@H]2O[C@H](CO)[C@@H](O)[C@H](O)[C@H]2O)[C@@H]2O[C@H]12)[C@H](O)[C@@H](O)CO. The van der Waals surface area contributed by atoms with Gasteiger partial charge in [0.15, 0.2) is 12.6 Å². The Bertz CT molecular complexity index is 609. The van der Waals surface area contributed by atoms with Crippen molar-refractivity contribution in [1.29, 1.82) is 0 Å². The molecule has 14 atom stereocenters. The fourth-order valence-corrected chi connectivity index (χ4v) is 3.90. The molecule has 0 aliphatic carbocycles. The van der Waals surface area contributed by atoms with Gasteiger partial charge in [0.25, 0.3) is 0 Å². The molecule has 3 heterocycles. The van der Waals surface area contributed by atoms with E-state index in [-0.39, 0.29) is 0 Å². The summed E-state index contributed by atoms with van der Waals surface area (Å²) >= 11 is 0. The summed E-state index contributed by atoms with van der Waals surface area (Å²) in [6, 6.07) is 0. The molecule has 0 radical (unpaired) electrons. The Kier molecular flexibility index (Phi) is 9.35. The summed E-state index contributed by atoms with van der Waals surface area (Å²) in [5, 5.41) is 97.1. The van der Waals surface area contributed by atoms with Gasteiger partial charge in [0.05, 0.1) is 26.4 Å². The van der Waals surface area contributed by atoms with E-state index in [9.17, 15) is 46.0 Å². The molecule has 0 bridgehead atoms. The molecule has 194 valence electrons. The van der Waals surface area contributed by atoms with Crippen molar-refractivity contribution in [2.45, 2.75) is 85.8 Å². The first-order valence-corrected chi connectivity index (χ1v) is 10.5. The highest BCUT2D eigenvalue weighted by atomic mass is 16.8. The first kappa shape index (κ1) is 27.0. The largest absolute Gasteiger partial charge is 0.394 e. The maximum Gasteiger partial charge on any atom is 0.187 e. The third kappa shape index (κ3) is 5.64. The van der Waals surface area contributed by atoms with Crippen LogP contribution in [0.4, 0.5) is 0 Å². The summed E-state index contributed by atoms with van der Waals surface area (Å²) in [6.45, 7) is -2.98. The summed E-state index contributed by atoms with van der Waals surface area (Å²) in [5.74, 6) is 0. The summed E-state index contributed by atoms with van der Waals surface area (Å²) in [5.41, 5.74) is 0. The van der Waals surface area contributed by atoms with Crippen molar-refractivity contribution in [1.82, 2.24) is 0 Å². The molecule has 0 unspecified atom stereocenters. The van der Waals surface area contributed by atoms with Gasteiger partial charge in [0.2, 0.25) is 0 Å². The maximum atomic E-state index is 10.2. The van der Waals surface area contributed by atoms with E-state index in [4.69, 9.17) is 28.8 Å². The number of aliphatic hydroxyl groups is 10. The minimum atomic E-state index is -1.80. The first-order valence-electron chi connectivity index (χ1n) is 10.5. The number of fused-ring (bicyclic) bond motifs is 1. The molecule has 0 aromatic rings. The predicted molar refractivity (Wildman–Crippen MR) is 100 cm³/mol. The Balaban J connectivity index is 1.67. The van der Waals surface area contributed by atoms with Crippen molar-refractivity contribution in [2.75, 3.05) is 26.4 Å². The molecule has 15 nitrogen and oxygen atoms in total. The molecule has 33 heavy (non-hydrogen) atoms. The lowest BCUT2D eigenvalue weighted by Crippen LogP contribution is -2.61. The monoisotopic (exact) mass is 488 g/mol. The highest BCUT2D eigenvalue weighted by molar-refractivity contribution is 5.03. The zero-order valence-corrected chi connectivity index (χ0v) is 17.4.